The highest BCUT2D eigenvalue weighted by Gasteiger charge is 1.87. The van der Waals surface area contributed by atoms with Crippen molar-refractivity contribution < 1.29 is 5.21 Å². The predicted molar refractivity (Wildman–Crippen MR) is 29.5 cm³/mol. The fraction of sp³-hybridized carbons (Fsp3) is 0.600. The standard InChI is InChI=1S/C5H10NO/c1-3-5(4-2)6-7/h3,7H,4H2,1-2H3. The van der Waals surface area contributed by atoms with Gasteiger partial charge in [0.25, 0.3) is 0 Å². The molecule has 0 spiro atoms. The van der Waals surface area contributed by atoms with Crippen LogP contribution in [0.2, 0.25) is 0 Å². The largest absolute Gasteiger partial charge is 0.411 e. The lowest BCUT2D eigenvalue weighted by Gasteiger charge is -1.89. The molecule has 0 atom stereocenters. The Kier molecular flexibility index (Phi) is 3.38. The lowest BCUT2D eigenvalue weighted by molar-refractivity contribution is 0.318. The molecule has 0 aliphatic rings. The highest BCUT2D eigenvalue weighted by molar-refractivity contribution is 5.90. The van der Waals surface area contributed by atoms with E-state index in [1.54, 1.807) is 6.42 Å². The Morgan fingerprint density at radius 3 is 2.43 bits per heavy atom. The van der Waals surface area contributed by atoms with Gasteiger partial charge in [0.1, 0.15) is 0 Å². The van der Waals surface area contributed by atoms with E-state index in [9.17, 15) is 0 Å². The highest BCUT2D eigenvalue weighted by atomic mass is 16.4. The summed E-state index contributed by atoms with van der Waals surface area (Å²) in [5.74, 6) is 0. The summed E-state index contributed by atoms with van der Waals surface area (Å²) in [6.45, 7) is 3.79. The number of hydrogen-bond donors (Lipinski definition) is 1. The van der Waals surface area contributed by atoms with Crippen LogP contribution in [0.5, 0.6) is 0 Å². The molecule has 0 amide bonds. The van der Waals surface area contributed by atoms with Crippen molar-refractivity contribution in [3.05, 3.63) is 6.42 Å². The van der Waals surface area contributed by atoms with Gasteiger partial charge in [0.2, 0.25) is 0 Å². The van der Waals surface area contributed by atoms with Gasteiger partial charge in [-0.25, -0.2) is 0 Å². The van der Waals surface area contributed by atoms with Crippen molar-refractivity contribution >= 4 is 5.71 Å². The fourth-order valence-electron chi connectivity index (χ4n) is 0.333. The van der Waals surface area contributed by atoms with Gasteiger partial charge < -0.3 is 5.21 Å². The fourth-order valence-corrected chi connectivity index (χ4v) is 0.333. The van der Waals surface area contributed by atoms with Crippen molar-refractivity contribution in [2.75, 3.05) is 0 Å². The zero-order valence-electron chi connectivity index (χ0n) is 4.68. The van der Waals surface area contributed by atoms with Crippen LogP contribution in [0.4, 0.5) is 0 Å². The van der Waals surface area contributed by atoms with Crippen LogP contribution in [0.3, 0.4) is 0 Å². The summed E-state index contributed by atoms with van der Waals surface area (Å²) in [7, 11) is 0. The van der Waals surface area contributed by atoms with Gasteiger partial charge >= 0.3 is 0 Å². The summed E-state index contributed by atoms with van der Waals surface area (Å²) >= 11 is 0. The molecule has 0 heterocycles. The first-order valence-electron chi connectivity index (χ1n) is 2.35. The van der Waals surface area contributed by atoms with Gasteiger partial charge in [-0.15, -0.1) is 0 Å². The van der Waals surface area contributed by atoms with E-state index in [0.717, 1.165) is 12.1 Å². The van der Waals surface area contributed by atoms with Gasteiger partial charge in [-0.2, -0.15) is 0 Å². The highest BCUT2D eigenvalue weighted by Crippen LogP contribution is 1.86. The quantitative estimate of drug-likeness (QED) is 0.318. The molecule has 1 N–H and O–H groups in total. The van der Waals surface area contributed by atoms with Crippen LogP contribution in [-0.4, -0.2) is 10.9 Å². The molecule has 0 aromatic carbocycles. The van der Waals surface area contributed by atoms with Crippen molar-refractivity contribution in [1.82, 2.24) is 0 Å². The third-order valence-electron chi connectivity index (χ3n) is 0.824. The van der Waals surface area contributed by atoms with Crippen molar-refractivity contribution in [3.63, 3.8) is 0 Å². The van der Waals surface area contributed by atoms with Gasteiger partial charge in [0.05, 0.1) is 5.71 Å². The summed E-state index contributed by atoms with van der Waals surface area (Å²) < 4.78 is 0. The molecule has 2 heteroatoms. The maximum atomic E-state index is 8.08. The number of rotatable bonds is 2. The molecule has 0 aliphatic carbocycles. The maximum Gasteiger partial charge on any atom is 0.0602 e. The van der Waals surface area contributed by atoms with Gasteiger partial charge in [-0.1, -0.05) is 19.0 Å². The Morgan fingerprint density at radius 2 is 2.43 bits per heavy atom. The zero-order chi connectivity index (χ0) is 5.70. The van der Waals surface area contributed by atoms with Gasteiger partial charge in [0, 0.05) is 6.42 Å². The zero-order valence-corrected chi connectivity index (χ0v) is 4.68. The van der Waals surface area contributed by atoms with Crippen LogP contribution in [-0.2, 0) is 0 Å². The summed E-state index contributed by atoms with van der Waals surface area (Å²) in [6, 6.07) is 0. The van der Waals surface area contributed by atoms with E-state index >= 15 is 0 Å². The van der Waals surface area contributed by atoms with E-state index in [1.165, 1.54) is 0 Å². The van der Waals surface area contributed by atoms with Crippen LogP contribution in [0.25, 0.3) is 0 Å². The Balaban J connectivity index is 3.38. The second-order valence-electron chi connectivity index (χ2n) is 1.23. The van der Waals surface area contributed by atoms with E-state index < -0.39 is 0 Å². The maximum absolute atomic E-state index is 8.08. The average Bonchev–Trinajstić information content (AvgIpc) is 1.72. The predicted octanol–water partition coefficient (Wildman–Crippen LogP) is 1.45. The monoisotopic (exact) mass is 100 g/mol. The summed E-state index contributed by atoms with van der Waals surface area (Å²) in [6.07, 6.45) is 2.58. The molecule has 0 aromatic rings. The molecule has 0 saturated carbocycles. The normalized spacial score (nSPS) is 12.0. The van der Waals surface area contributed by atoms with Crippen LogP contribution in [0.15, 0.2) is 5.16 Å². The van der Waals surface area contributed by atoms with E-state index in [4.69, 9.17) is 5.21 Å². The molecule has 0 bridgehead atoms. The third kappa shape index (κ3) is 2.20. The minimum Gasteiger partial charge on any atom is -0.411 e. The Bertz CT molecular complexity index is 62.5. The van der Waals surface area contributed by atoms with Crippen molar-refractivity contribution in [2.24, 2.45) is 5.16 Å². The molecule has 0 saturated heterocycles. The SMILES string of the molecule is C[CH]C(CC)=NO. The number of hydrogen-bond acceptors (Lipinski definition) is 2. The second-order valence-corrected chi connectivity index (χ2v) is 1.23. The molecular formula is C5H10NO. The summed E-state index contributed by atoms with van der Waals surface area (Å²) in [5, 5.41) is 11.1. The molecule has 0 rings (SSSR count). The minimum absolute atomic E-state index is 0.736. The van der Waals surface area contributed by atoms with Gasteiger partial charge in [0.15, 0.2) is 0 Å². The average molecular weight is 100 g/mol. The molecule has 0 fully saturated rings. The second kappa shape index (κ2) is 3.65. The summed E-state index contributed by atoms with van der Waals surface area (Å²) in [4.78, 5) is 0. The van der Waals surface area contributed by atoms with Crippen LogP contribution < -0.4 is 0 Å². The third-order valence-corrected chi connectivity index (χ3v) is 0.824. The Morgan fingerprint density at radius 1 is 1.86 bits per heavy atom. The van der Waals surface area contributed by atoms with Crippen LogP contribution >= 0.6 is 0 Å². The smallest absolute Gasteiger partial charge is 0.0602 e. The first-order chi connectivity index (χ1) is 3.35. The Hall–Kier alpha value is -0.530. The van der Waals surface area contributed by atoms with E-state index in [2.05, 4.69) is 5.16 Å². The van der Waals surface area contributed by atoms with Crippen molar-refractivity contribution in [1.29, 1.82) is 0 Å². The van der Waals surface area contributed by atoms with Gasteiger partial charge in [-0.3, -0.25) is 0 Å². The van der Waals surface area contributed by atoms with E-state index in [1.807, 2.05) is 13.8 Å². The van der Waals surface area contributed by atoms with Crippen molar-refractivity contribution in [2.45, 2.75) is 20.3 Å². The lowest BCUT2D eigenvalue weighted by atomic mass is 10.2. The minimum atomic E-state index is 0.736. The molecule has 0 aromatic heterocycles. The Labute approximate surface area is 43.8 Å². The topological polar surface area (TPSA) is 32.6 Å². The number of oxime groups is 1. The first kappa shape index (κ1) is 6.47. The molecular weight excluding hydrogens is 90.1 g/mol. The van der Waals surface area contributed by atoms with Crippen LogP contribution in [0.1, 0.15) is 20.3 Å². The molecule has 7 heavy (non-hydrogen) atoms. The molecule has 0 aliphatic heterocycles. The molecule has 0 unspecified atom stereocenters. The van der Waals surface area contributed by atoms with Crippen LogP contribution in [0, 0.1) is 6.42 Å². The molecule has 1 radical (unpaired) electrons. The lowest BCUT2D eigenvalue weighted by Crippen LogP contribution is -1.91. The first-order valence-corrected chi connectivity index (χ1v) is 2.35. The van der Waals surface area contributed by atoms with Gasteiger partial charge in [-0.05, 0) is 6.42 Å². The van der Waals surface area contributed by atoms with E-state index in [-0.39, 0.29) is 0 Å². The molecule has 2 nitrogen and oxygen atoms in total. The van der Waals surface area contributed by atoms with Crippen molar-refractivity contribution in [3.8, 4) is 0 Å². The van der Waals surface area contributed by atoms with E-state index in [0.29, 0.717) is 0 Å². The number of nitrogens with zero attached hydrogens (tertiary/aromatic N) is 1. The molecule has 41 valence electrons. The summed E-state index contributed by atoms with van der Waals surface area (Å²) in [5.41, 5.74) is 0.736.